The Hall–Kier alpha value is -2.07. The molecule has 3 heterocycles. The molecular formula is C25H37IN6O. The summed E-state index contributed by atoms with van der Waals surface area (Å²) in [6.45, 7) is 9.56. The fourth-order valence-electron chi connectivity index (χ4n) is 4.43. The normalized spacial score (nSPS) is 21.4. The first-order valence-corrected chi connectivity index (χ1v) is 11.7. The molecule has 0 saturated carbocycles. The number of halogens is 1. The summed E-state index contributed by atoms with van der Waals surface area (Å²) in [6.07, 6.45) is 4.46. The molecule has 8 heteroatoms. The highest BCUT2D eigenvalue weighted by molar-refractivity contribution is 14.0. The minimum absolute atomic E-state index is 0. The summed E-state index contributed by atoms with van der Waals surface area (Å²) in [5.41, 5.74) is 3.79. The molecule has 2 aliphatic rings. The van der Waals surface area contributed by atoms with Crippen molar-refractivity contribution >= 4 is 41.4 Å². The van der Waals surface area contributed by atoms with Gasteiger partial charge in [-0.25, -0.2) is 4.98 Å². The van der Waals surface area contributed by atoms with E-state index in [0.717, 1.165) is 51.0 Å². The van der Waals surface area contributed by atoms with E-state index < -0.39 is 0 Å². The van der Waals surface area contributed by atoms with E-state index in [-0.39, 0.29) is 30.1 Å². The summed E-state index contributed by atoms with van der Waals surface area (Å²) in [5.74, 6) is 1.86. The van der Waals surface area contributed by atoms with Crippen LogP contribution in [0.1, 0.15) is 30.9 Å². The quantitative estimate of drug-likeness (QED) is 0.329. The minimum atomic E-state index is 0. The van der Waals surface area contributed by atoms with Crippen molar-refractivity contribution in [3.8, 4) is 0 Å². The Balaban J connectivity index is 0.00000306. The molecule has 0 bridgehead atoms. The molecule has 2 aromatic rings. The first kappa shape index (κ1) is 25.6. The summed E-state index contributed by atoms with van der Waals surface area (Å²) in [5, 5.41) is 7.11. The molecule has 2 atom stereocenters. The number of anilines is 2. The molecule has 0 radical (unpaired) electrons. The molecular weight excluding hydrogens is 527 g/mol. The molecule has 2 N–H and O–H groups in total. The van der Waals surface area contributed by atoms with Gasteiger partial charge in [-0.15, -0.1) is 24.0 Å². The first-order valence-electron chi connectivity index (χ1n) is 11.7. The Morgan fingerprint density at radius 3 is 2.73 bits per heavy atom. The van der Waals surface area contributed by atoms with Crippen molar-refractivity contribution < 1.29 is 4.74 Å². The highest BCUT2D eigenvalue weighted by Gasteiger charge is 2.21. The lowest BCUT2D eigenvalue weighted by molar-refractivity contribution is 0.0529. The third kappa shape index (κ3) is 7.20. The second-order valence-electron chi connectivity index (χ2n) is 8.84. The van der Waals surface area contributed by atoms with Crippen LogP contribution in [0, 0.1) is 6.92 Å². The third-order valence-corrected chi connectivity index (χ3v) is 6.22. The number of nitrogens with one attached hydrogen (secondary N) is 2. The van der Waals surface area contributed by atoms with Gasteiger partial charge in [0, 0.05) is 57.7 Å². The standard InChI is InChI=1S/C25H36N6O.HI/c1-19-6-8-23(9-7-19)30-12-4-5-22(18-30)29-25(26-3)28-16-21-10-11-27-24(15-21)31-13-14-32-20(2)17-31;/h6-11,15,20,22H,4-5,12-14,16-18H2,1-3H3,(H2,26,28,29);1H. The number of aromatic nitrogens is 1. The zero-order valence-electron chi connectivity index (χ0n) is 20.0. The summed E-state index contributed by atoms with van der Waals surface area (Å²) < 4.78 is 5.66. The molecule has 2 unspecified atom stereocenters. The number of pyridine rings is 1. The Morgan fingerprint density at radius 1 is 1.15 bits per heavy atom. The van der Waals surface area contributed by atoms with E-state index in [4.69, 9.17) is 4.74 Å². The number of piperidine rings is 1. The van der Waals surface area contributed by atoms with Crippen molar-refractivity contribution in [1.82, 2.24) is 15.6 Å². The van der Waals surface area contributed by atoms with Gasteiger partial charge in [0.2, 0.25) is 0 Å². The lowest BCUT2D eigenvalue weighted by Gasteiger charge is -2.35. The van der Waals surface area contributed by atoms with Crippen molar-refractivity contribution in [3.05, 3.63) is 53.7 Å². The van der Waals surface area contributed by atoms with Crippen molar-refractivity contribution in [3.63, 3.8) is 0 Å². The van der Waals surface area contributed by atoms with Gasteiger partial charge < -0.3 is 25.2 Å². The fraction of sp³-hybridized carbons (Fsp3) is 0.520. The second-order valence-corrected chi connectivity index (χ2v) is 8.84. The number of aliphatic imine (C=N–C) groups is 1. The van der Waals surface area contributed by atoms with Crippen LogP contribution in [0.25, 0.3) is 0 Å². The minimum Gasteiger partial charge on any atom is -0.375 e. The number of morpholine rings is 1. The summed E-state index contributed by atoms with van der Waals surface area (Å²) in [4.78, 5) is 13.8. The molecule has 0 aliphatic carbocycles. The number of hydrogen-bond acceptors (Lipinski definition) is 5. The Labute approximate surface area is 215 Å². The molecule has 1 aromatic heterocycles. The van der Waals surface area contributed by atoms with Crippen LogP contribution < -0.4 is 20.4 Å². The number of hydrogen-bond donors (Lipinski definition) is 2. The van der Waals surface area contributed by atoms with Gasteiger partial charge in [-0.2, -0.15) is 0 Å². The molecule has 2 fully saturated rings. The van der Waals surface area contributed by atoms with E-state index in [1.165, 1.54) is 23.2 Å². The molecule has 0 spiro atoms. The molecule has 180 valence electrons. The maximum atomic E-state index is 5.66. The number of ether oxygens (including phenoxy) is 1. The Morgan fingerprint density at radius 2 is 1.97 bits per heavy atom. The highest BCUT2D eigenvalue weighted by atomic mass is 127. The van der Waals surface area contributed by atoms with Crippen LogP contribution >= 0.6 is 24.0 Å². The zero-order valence-corrected chi connectivity index (χ0v) is 22.3. The lowest BCUT2D eigenvalue weighted by atomic mass is 10.0. The molecule has 1 aromatic carbocycles. The number of aryl methyl sites for hydroxylation is 1. The van der Waals surface area contributed by atoms with Gasteiger partial charge >= 0.3 is 0 Å². The van der Waals surface area contributed by atoms with E-state index in [2.05, 4.69) is 80.7 Å². The van der Waals surface area contributed by atoms with E-state index in [1.54, 1.807) is 0 Å². The van der Waals surface area contributed by atoms with Crippen molar-refractivity contribution in [2.45, 2.75) is 45.4 Å². The summed E-state index contributed by atoms with van der Waals surface area (Å²) >= 11 is 0. The number of nitrogens with zero attached hydrogens (tertiary/aromatic N) is 4. The Kier molecular flexibility index (Phi) is 9.61. The summed E-state index contributed by atoms with van der Waals surface area (Å²) in [7, 11) is 1.84. The zero-order chi connectivity index (χ0) is 22.3. The smallest absolute Gasteiger partial charge is 0.191 e. The van der Waals surface area contributed by atoms with Crippen molar-refractivity contribution in [1.29, 1.82) is 0 Å². The van der Waals surface area contributed by atoms with Crippen LogP contribution in [0.2, 0.25) is 0 Å². The van der Waals surface area contributed by atoms with Gasteiger partial charge in [0.25, 0.3) is 0 Å². The molecule has 7 nitrogen and oxygen atoms in total. The van der Waals surface area contributed by atoms with E-state index in [0.29, 0.717) is 12.6 Å². The number of benzene rings is 1. The number of guanidine groups is 1. The van der Waals surface area contributed by atoms with Crippen LogP contribution in [0.3, 0.4) is 0 Å². The van der Waals surface area contributed by atoms with Crippen molar-refractivity contribution in [2.24, 2.45) is 4.99 Å². The van der Waals surface area contributed by atoms with Crippen LogP contribution in [0.5, 0.6) is 0 Å². The first-order chi connectivity index (χ1) is 15.6. The molecule has 33 heavy (non-hydrogen) atoms. The maximum Gasteiger partial charge on any atom is 0.191 e. The van der Waals surface area contributed by atoms with Gasteiger partial charge in [-0.3, -0.25) is 4.99 Å². The fourth-order valence-corrected chi connectivity index (χ4v) is 4.43. The van der Waals surface area contributed by atoms with Gasteiger partial charge in [-0.1, -0.05) is 17.7 Å². The van der Waals surface area contributed by atoms with Crippen LogP contribution in [0.15, 0.2) is 47.6 Å². The number of rotatable bonds is 5. The monoisotopic (exact) mass is 564 g/mol. The van der Waals surface area contributed by atoms with Gasteiger partial charge in [0.15, 0.2) is 5.96 Å². The van der Waals surface area contributed by atoms with Crippen molar-refractivity contribution in [2.75, 3.05) is 49.6 Å². The predicted molar refractivity (Wildman–Crippen MR) is 147 cm³/mol. The molecule has 0 amide bonds. The van der Waals surface area contributed by atoms with Crippen LogP contribution in [-0.2, 0) is 11.3 Å². The van der Waals surface area contributed by atoms with Gasteiger partial charge in [-0.05, 0) is 56.5 Å². The van der Waals surface area contributed by atoms with E-state index in [1.807, 2.05) is 13.2 Å². The van der Waals surface area contributed by atoms with E-state index in [9.17, 15) is 0 Å². The highest BCUT2D eigenvalue weighted by Crippen LogP contribution is 2.20. The van der Waals surface area contributed by atoms with Crippen LogP contribution in [0.4, 0.5) is 11.5 Å². The van der Waals surface area contributed by atoms with Gasteiger partial charge in [0.05, 0.1) is 12.7 Å². The maximum absolute atomic E-state index is 5.66. The SMILES string of the molecule is CN=C(NCc1ccnc(N2CCOC(C)C2)c1)NC1CCCN(c2ccc(C)cc2)C1.I. The third-order valence-electron chi connectivity index (χ3n) is 6.22. The largest absolute Gasteiger partial charge is 0.375 e. The molecule has 2 saturated heterocycles. The average Bonchev–Trinajstić information content (AvgIpc) is 2.82. The summed E-state index contributed by atoms with van der Waals surface area (Å²) in [6, 6.07) is 13.4. The van der Waals surface area contributed by atoms with Crippen LogP contribution in [-0.4, -0.2) is 62.9 Å². The topological polar surface area (TPSA) is 65.0 Å². The Bertz CT molecular complexity index is 906. The van der Waals surface area contributed by atoms with Gasteiger partial charge in [0.1, 0.15) is 5.82 Å². The average molecular weight is 565 g/mol. The predicted octanol–water partition coefficient (Wildman–Crippen LogP) is 3.57. The van der Waals surface area contributed by atoms with E-state index >= 15 is 0 Å². The second kappa shape index (κ2) is 12.4. The molecule has 4 rings (SSSR count). The molecule has 2 aliphatic heterocycles. The lowest BCUT2D eigenvalue weighted by Crippen LogP contribution is -2.51.